The van der Waals surface area contributed by atoms with E-state index in [0.29, 0.717) is 54.2 Å². The fourth-order valence-electron chi connectivity index (χ4n) is 3.72. The number of carbonyl (C=O) groups excluding carboxylic acids is 1. The molecule has 0 bridgehead atoms. The zero-order valence-corrected chi connectivity index (χ0v) is 18.1. The highest BCUT2D eigenvalue weighted by Crippen LogP contribution is 2.29. The predicted molar refractivity (Wildman–Crippen MR) is 120 cm³/mol. The molecule has 5 rings (SSSR count). The van der Waals surface area contributed by atoms with Gasteiger partial charge in [-0.1, -0.05) is 23.7 Å². The monoisotopic (exact) mass is 454 g/mol. The molecule has 4 heterocycles. The Balaban J connectivity index is 1.23. The Hall–Kier alpha value is -2.94. The van der Waals surface area contributed by atoms with Crippen LogP contribution in [0, 0.1) is 0 Å². The van der Waals surface area contributed by atoms with Crippen LogP contribution in [-0.2, 0) is 6.54 Å². The van der Waals surface area contributed by atoms with Crippen molar-refractivity contribution in [2.75, 3.05) is 26.2 Å². The van der Waals surface area contributed by atoms with Crippen molar-refractivity contribution in [3.8, 4) is 11.3 Å². The molecule has 0 radical (unpaired) electrons. The third-order valence-electron chi connectivity index (χ3n) is 5.36. The van der Waals surface area contributed by atoms with Crippen molar-refractivity contribution in [2.24, 2.45) is 0 Å². The van der Waals surface area contributed by atoms with Crippen LogP contribution in [0.5, 0.6) is 0 Å². The van der Waals surface area contributed by atoms with Gasteiger partial charge in [0.25, 0.3) is 11.5 Å². The van der Waals surface area contributed by atoms with Gasteiger partial charge in [0.15, 0.2) is 10.7 Å². The minimum absolute atomic E-state index is 0.0674. The van der Waals surface area contributed by atoms with Gasteiger partial charge in [-0.3, -0.25) is 18.9 Å². The summed E-state index contributed by atoms with van der Waals surface area (Å²) in [6, 6.07) is 12.4. The summed E-state index contributed by atoms with van der Waals surface area (Å²) in [6.07, 6.45) is 1.73. The van der Waals surface area contributed by atoms with E-state index in [0.717, 1.165) is 11.3 Å². The van der Waals surface area contributed by atoms with Crippen LogP contribution >= 0.6 is 22.9 Å². The first kappa shape index (κ1) is 20.0. The summed E-state index contributed by atoms with van der Waals surface area (Å²) in [7, 11) is 0. The van der Waals surface area contributed by atoms with Gasteiger partial charge in [0.2, 0.25) is 0 Å². The number of rotatable bonds is 4. The Morgan fingerprint density at radius 3 is 2.74 bits per heavy atom. The lowest BCUT2D eigenvalue weighted by molar-refractivity contribution is 0.0597. The maximum Gasteiger partial charge on any atom is 0.289 e. The fourth-order valence-corrected chi connectivity index (χ4v) is 4.69. The third-order valence-corrected chi connectivity index (χ3v) is 6.44. The quantitative estimate of drug-likeness (QED) is 0.471. The third kappa shape index (κ3) is 4.01. The second-order valence-corrected chi connectivity index (χ2v) is 8.63. The van der Waals surface area contributed by atoms with E-state index in [1.807, 2.05) is 23.6 Å². The van der Waals surface area contributed by atoms with Crippen LogP contribution in [0.1, 0.15) is 16.2 Å². The van der Waals surface area contributed by atoms with Gasteiger partial charge in [-0.25, -0.2) is 4.98 Å². The highest BCUT2D eigenvalue weighted by Gasteiger charge is 2.25. The number of hydrogen-bond donors (Lipinski definition) is 0. The highest BCUT2D eigenvalue weighted by molar-refractivity contribution is 7.15. The summed E-state index contributed by atoms with van der Waals surface area (Å²) in [5.41, 5.74) is 1.45. The SMILES string of the molecule is O=C(c1ccc(-c2ccccc2Cl)o1)N1CCN(Cc2cc(=O)n3ccsc3n2)CC1. The van der Waals surface area contributed by atoms with E-state index in [9.17, 15) is 9.59 Å². The van der Waals surface area contributed by atoms with Gasteiger partial charge in [0, 0.05) is 55.9 Å². The number of nitrogens with zero attached hydrogens (tertiary/aromatic N) is 4. The van der Waals surface area contributed by atoms with Gasteiger partial charge in [0.1, 0.15) is 5.76 Å². The number of furan rings is 1. The Labute approximate surface area is 187 Å². The summed E-state index contributed by atoms with van der Waals surface area (Å²) in [6.45, 7) is 3.16. The molecule has 0 atom stereocenters. The molecule has 1 fully saturated rings. The number of piperazine rings is 1. The van der Waals surface area contributed by atoms with Crippen molar-refractivity contribution in [3.63, 3.8) is 0 Å². The maximum absolute atomic E-state index is 12.9. The highest BCUT2D eigenvalue weighted by atomic mass is 35.5. The molecule has 4 aromatic rings. The van der Waals surface area contributed by atoms with E-state index in [-0.39, 0.29) is 11.5 Å². The number of halogens is 1. The summed E-state index contributed by atoms with van der Waals surface area (Å²) in [4.78, 5) is 34.3. The first-order valence-corrected chi connectivity index (χ1v) is 11.2. The number of thiazole rings is 1. The van der Waals surface area contributed by atoms with Crippen molar-refractivity contribution in [1.29, 1.82) is 0 Å². The molecule has 1 aliphatic rings. The molecule has 0 saturated carbocycles. The first-order valence-electron chi connectivity index (χ1n) is 9.90. The molecule has 158 valence electrons. The second kappa shape index (κ2) is 8.30. The van der Waals surface area contributed by atoms with Crippen LogP contribution in [0.25, 0.3) is 16.3 Å². The lowest BCUT2D eigenvalue weighted by Crippen LogP contribution is -2.48. The number of carbonyl (C=O) groups is 1. The summed E-state index contributed by atoms with van der Waals surface area (Å²) in [5.74, 6) is 0.754. The number of hydrogen-bond acceptors (Lipinski definition) is 6. The number of benzene rings is 1. The molecule has 3 aromatic heterocycles. The topological polar surface area (TPSA) is 71.1 Å². The van der Waals surface area contributed by atoms with E-state index in [4.69, 9.17) is 16.0 Å². The van der Waals surface area contributed by atoms with Crippen LogP contribution in [-0.4, -0.2) is 51.3 Å². The second-order valence-electron chi connectivity index (χ2n) is 7.35. The average molecular weight is 455 g/mol. The molecular formula is C22H19ClN4O3S. The fraction of sp³-hybridized carbons (Fsp3) is 0.227. The molecule has 1 aliphatic heterocycles. The molecule has 0 N–H and O–H groups in total. The molecule has 0 unspecified atom stereocenters. The standard InChI is InChI=1S/C22H19ClN4O3S/c23-17-4-2-1-3-16(17)18-5-6-19(30-18)21(29)26-9-7-25(8-10-26)14-15-13-20(28)27-11-12-31-22(27)24-15/h1-6,11-13H,7-10,14H2. The largest absolute Gasteiger partial charge is 0.451 e. The molecule has 31 heavy (non-hydrogen) atoms. The molecule has 0 spiro atoms. The van der Waals surface area contributed by atoms with Gasteiger partial charge in [0.05, 0.1) is 10.7 Å². The lowest BCUT2D eigenvalue weighted by Gasteiger charge is -2.34. The first-order chi connectivity index (χ1) is 15.1. The number of fused-ring (bicyclic) bond motifs is 1. The van der Waals surface area contributed by atoms with Gasteiger partial charge in [-0.05, 0) is 24.3 Å². The zero-order valence-electron chi connectivity index (χ0n) is 16.5. The van der Waals surface area contributed by atoms with Crippen molar-refractivity contribution in [3.05, 3.63) is 80.9 Å². The maximum atomic E-state index is 12.9. The summed E-state index contributed by atoms with van der Waals surface area (Å²) in [5, 5.41) is 2.43. The smallest absolute Gasteiger partial charge is 0.289 e. The summed E-state index contributed by atoms with van der Waals surface area (Å²) < 4.78 is 7.35. The van der Waals surface area contributed by atoms with Crippen molar-refractivity contribution < 1.29 is 9.21 Å². The van der Waals surface area contributed by atoms with Crippen molar-refractivity contribution in [1.82, 2.24) is 19.2 Å². The molecule has 1 saturated heterocycles. The molecule has 9 heteroatoms. The van der Waals surface area contributed by atoms with E-state index < -0.39 is 0 Å². The molecule has 1 amide bonds. The Morgan fingerprint density at radius 2 is 1.94 bits per heavy atom. The van der Waals surface area contributed by atoms with E-state index in [1.54, 1.807) is 39.8 Å². The van der Waals surface area contributed by atoms with Gasteiger partial charge in [-0.2, -0.15) is 0 Å². The van der Waals surface area contributed by atoms with Crippen LogP contribution in [0.3, 0.4) is 0 Å². The Kier molecular flexibility index (Phi) is 5.35. The number of amides is 1. The minimum atomic E-state index is -0.130. The average Bonchev–Trinajstić information content (AvgIpc) is 3.44. The van der Waals surface area contributed by atoms with Crippen molar-refractivity contribution >= 4 is 33.8 Å². The molecule has 1 aromatic carbocycles. The normalized spacial score (nSPS) is 14.9. The Morgan fingerprint density at radius 1 is 1.13 bits per heavy atom. The van der Waals surface area contributed by atoms with Crippen LogP contribution < -0.4 is 5.56 Å². The van der Waals surface area contributed by atoms with Crippen molar-refractivity contribution in [2.45, 2.75) is 6.54 Å². The van der Waals surface area contributed by atoms with Crippen LogP contribution in [0.15, 0.2) is 63.3 Å². The van der Waals surface area contributed by atoms with Crippen LogP contribution in [0.2, 0.25) is 5.02 Å². The number of aromatic nitrogens is 2. The Bertz CT molecular complexity index is 1300. The van der Waals surface area contributed by atoms with Gasteiger partial charge < -0.3 is 9.32 Å². The lowest BCUT2D eigenvalue weighted by atomic mass is 10.2. The molecule has 7 nitrogen and oxygen atoms in total. The van der Waals surface area contributed by atoms with E-state index in [1.165, 1.54) is 11.3 Å². The summed E-state index contributed by atoms with van der Waals surface area (Å²) >= 11 is 7.67. The molecule has 0 aliphatic carbocycles. The molecular weight excluding hydrogens is 436 g/mol. The zero-order chi connectivity index (χ0) is 21.4. The van der Waals surface area contributed by atoms with Gasteiger partial charge >= 0.3 is 0 Å². The van der Waals surface area contributed by atoms with Gasteiger partial charge in [-0.15, -0.1) is 11.3 Å². The van der Waals surface area contributed by atoms with E-state index >= 15 is 0 Å². The van der Waals surface area contributed by atoms with E-state index in [2.05, 4.69) is 9.88 Å². The van der Waals surface area contributed by atoms with Crippen LogP contribution in [0.4, 0.5) is 0 Å². The predicted octanol–water partition coefficient (Wildman–Crippen LogP) is 3.63. The minimum Gasteiger partial charge on any atom is -0.451 e.